The first-order chi connectivity index (χ1) is 10.2. The maximum absolute atomic E-state index is 6.13. The Labute approximate surface area is 133 Å². The molecule has 0 bridgehead atoms. The zero-order chi connectivity index (χ0) is 14.7. The smallest absolute Gasteiger partial charge is 0.0652 e. The number of halogens is 2. The maximum atomic E-state index is 6.13. The molecule has 106 valence electrons. The lowest BCUT2D eigenvalue weighted by Crippen LogP contribution is -1.99. The predicted molar refractivity (Wildman–Crippen MR) is 87.4 cm³/mol. The lowest BCUT2D eigenvalue weighted by atomic mass is 10.3. The van der Waals surface area contributed by atoms with E-state index in [-0.39, 0.29) is 0 Å². The van der Waals surface area contributed by atoms with E-state index in [2.05, 4.69) is 10.4 Å². The van der Waals surface area contributed by atoms with Gasteiger partial charge in [-0.1, -0.05) is 41.4 Å². The first-order valence-corrected chi connectivity index (χ1v) is 7.26. The molecule has 1 aromatic heterocycles. The van der Waals surface area contributed by atoms with Crippen molar-refractivity contribution in [1.29, 1.82) is 0 Å². The van der Waals surface area contributed by atoms with E-state index in [0.29, 0.717) is 16.6 Å². The summed E-state index contributed by atoms with van der Waals surface area (Å²) in [5.74, 6) is 0. The van der Waals surface area contributed by atoms with E-state index in [4.69, 9.17) is 23.2 Å². The molecular weight excluding hydrogens is 305 g/mol. The van der Waals surface area contributed by atoms with Gasteiger partial charge in [0.25, 0.3) is 0 Å². The number of hydrogen-bond donors (Lipinski definition) is 1. The molecule has 0 aliphatic heterocycles. The van der Waals surface area contributed by atoms with E-state index in [1.807, 2.05) is 59.5 Å². The average molecular weight is 318 g/mol. The lowest BCUT2D eigenvalue weighted by molar-refractivity contribution is 0.880. The van der Waals surface area contributed by atoms with Gasteiger partial charge < -0.3 is 5.32 Å². The highest BCUT2D eigenvalue weighted by Gasteiger charge is 2.03. The van der Waals surface area contributed by atoms with Crippen molar-refractivity contribution < 1.29 is 0 Å². The summed E-state index contributed by atoms with van der Waals surface area (Å²) in [4.78, 5) is 0. The molecule has 5 heteroatoms. The van der Waals surface area contributed by atoms with Crippen molar-refractivity contribution in [2.24, 2.45) is 0 Å². The maximum Gasteiger partial charge on any atom is 0.0652 e. The largest absolute Gasteiger partial charge is 0.380 e. The van der Waals surface area contributed by atoms with Gasteiger partial charge in [0.1, 0.15) is 0 Å². The predicted octanol–water partition coefficient (Wildman–Crippen LogP) is 4.79. The Kier molecular flexibility index (Phi) is 4.13. The fraction of sp³-hybridized carbons (Fsp3) is 0.0625. The van der Waals surface area contributed by atoms with Gasteiger partial charge in [0.2, 0.25) is 0 Å². The van der Waals surface area contributed by atoms with Crippen LogP contribution in [0, 0.1) is 0 Å². The fourth-order valence-electron chi connectivity index (χ4n) is 2.00. The van der Waals surface area contributed by atoms with Crippen molar-refractivity contribution in [3.05, 3.63) is 76.5 Å². The Balaban J connectivity index is 1.70. The van der Waals surface area contributed by atoms with Crippen LogP contribution in [0.25, 0.3) is 5.69 Å². The van der Waals surface area contributed by atoms with Gasteiger partial charge in [0, 0.05) is 23.3 Å². The first-order valence-electron chi connectivity index (χ1n) is 6.50. The molecule has 0 saturated heterocycles. The Morgan fingerprint density at radius 1 is 1.05 bits per heavy atom. The Morgan fingerprint density at radius 3 is 2.62 bits per heavy atom. The number of aromatic nitrogens is 2. The summed E-state index contributed by atoms with van der Waals surface area (Å²) in [7, 11) is 0. The van der Waals surface area contributed by atoms with Gasteiger partial charge in [0.15, 0.2) is 0 Å². The highest BCUT2D eigenvalue weighted by Crippen LogP contribution is 2.25. The second-order valence-corrected chi connectivity index (χ2v) is 5.45. The second-order valence-electron chi connectivity index (χ2n) is 4.61. The van der Waals surface area contributed by atoms with Gasteiger partial charge in [-0.15, -0.1) is 0 Å². The van der Waals surface area contributed by atoms with Crippen LogP contribution >= 0.6 is 23.2 Å². The number of anilines is 1. The number of rotatable bonds is 4. The minimum Gasteiger partial charge on any atom is -0.380 e. The van der Waals surface area contributed by atoms with Crippen molar-refractivity contribution in [2.45, 2.75) is 6.54 Å². The average Bonchev–Trinajstić information content (AvgIpc) is 2.96. The summed E-state index contributed by atoms with van der Waals surface area (Å²) >= 11 is 12.0. The van der Waals surface area contributed by atoms with E-state index in [0.717, 1.165) is 16.9 Å². The minimum absolute atomic E-state index is 0.609. The molecule has 0 radical (unpaired) electrons. The van der Waals surface area contributed by atoms with Crippen LogP contribution in [0.5, 0.6) is 0 Å². The van der Waals surface area contributed by atoms with Gasteiger partial charge in [-0.2, -0.15) is 5.10 Å². The molecule has 1 heterocycles. The second kappa shape index (κ2) is 6.20. The number of nitrogens with one attached hydrogen (secondary N) is 1. The van der Waals surface area contributed by atoms with Crippen LogP contribution in [0.4, 0.5) is 5.69 Å². The van der Waals surface area contributed by atoms with Crippen LogP contribution in [-0.4, -0.2) is 9.78 Å². The SMILES string of the molecule is Clc1ccc(NCc2cnn(-c3ccccc3)c2)c(Cl)c1. The highest BCUT2D eigenvalue weighted by atomic mass is 35.5. The number of para-hydroxylation sites is 1. The molecule has 3 rings (SSSR count). The van der Waals surface area contributed by atoms with Crippen LogP contribution in [0.3, 0.4) is 0 Å². The quantitative estimate of drug-likeness (QED) is 0.749. The molecule has 1 N–H and O–H groups in total. The summed E-state index contributed by atoms with van der Waals surface area (Å²) in [5, 5.41) is 8.87. The topological polar surface area (TPSA) is 29.9 Å². The monoisotopic (exact) mass is 317 g/mol. The summed E-state index contributed by atoms with van der Waals surface area (Å²) in [5.41, 5.74) is 2.96. The van der Waals surface area contributed by atoms with Crippen LogP contribution in [-0.2, 0) is 6.54 Å². The van der Waals surface area contributed by atoms with Crippen molar-refractivity contribution in [3.63, 3.8) is 0 Å². The van der Waals surface area contributed by atoms with E-state index in [1.54, 1.807) is 6.07 Å². The third kappa shape index (κ3) is 3.38. The third-order valence-corrected chi connectivity index (χ3v) is 3.62. The molecule has 0 aliphatic carbocycles. The molecule has 0 amide bonds. The van der Waals surface area contributed by atoms with E-state index < -0.39 is 0 Å². The van der Waals surface area contributed by atoms with E-state index >= 15 is 0 Å². The van der Waals surface area contributed by atoms with Gasteiger partial charge in [-0.05, 0) is 30.3 Å². The normalized spacial score (nSPS) is 10.6. The number of nitrogens with zero attached hydrogens (tertiary/aromatic N) is 2. The van der Waals surface area contributed by atoms with Crippen LogP contribution in [0.15, 0.2) is 60.9 Å². The first kappa shape index (κ1) is 14.0. The van der Waals surface area contributed by atoms with Gasteiger partial charge >= 0.3 is 0 Å². The summed E-state index contributed by atoms with van der Waals surface area (Å²) < 4.78 is 1.85. The standard InChI is InChI=1S/C16H13Cl2N3/c17-13-6-7-16(15(18)8-13)19-9-12-10-20-21(11-12)14-4-2-1-3-5-14/h1-8,10-11,19H,9H2. The molecule has 3 nitrogen and oxygen atoms in total. The Morgan fingerprint density at radius 2 is 1.86 bits per heavy atom. The molecule has 21 heavy (non-hydrogen) atoms. The number of hydrogen-bond acceptors (Lipinski definition) is 2. The molecule has 0 fully saturated rings. The van der Waals surface area contributed by atoms with Crippen LogP contribution in [0.2, 0.25) is 10.0 Å². The molecule has 0 atom stereocenters. The van der Waals surface area contributed by atoms with Gasteiger partial charge in [-0.25, -0.2) is 4.68 Å². The van der Waals surface area contributed by atoms with Crippen molar-refractivity contribution >= 4 is 28.9 Å². The molecule has 0 spiro atoms. The summed E-state index contributed by atoms with van der Waals surface area (Å²) in [6, 6.07) is 15.4. The van der Waals surface area contributed by atoms with E-state index in [9.17, 15) is 0 Å². The van der Waals surface area contributed by atoms with Gasteiger partial charge in [0.05, 0.1) is 22.6 Å². The zero-order valence-electron chi connectivity index (χ0n) is 11.1. The molecule has 0 unspecified atom stereocenters. The van der Waals surface area contributed by atoms with Crippen LogP contribution < -0.4 is 5.32 Å². The van der Waals surface area contributed by atoms with Crippen molar-refractivity contribution in [2.75, 3.05) is 5.32 Å². The van der Waals surface area contributed by atoms with E-state index in [1.165, 1.54) is 0 Å². The van der Waals surface area contributed by atoms with Crippen LogP contribution in [0.1, 0.15) is 5.56 Å². The molecule has 3 aromatic rings. The molecule has 0 aliphatic rings. The summed E-state index contributed by atoms with van der Waals surface area (Å²) in [6.45, 7) is 0.647. The Bertz CT molecular complexity index is 738. The summed E-state index contributed by atoms with van der Waals surface area (Å²) in [6.07, 6.45) is 3.83. The molecule has 0 saturated carbocycles. The highest BCUT2D eigenvalue weighted by molar-refractivity contribution is 6.36. The fourth-order valence-corrected chi connectivity index (χ4v) is 2.48. The molecule has 2 aromatic carbocycles. The number of benzene rings is 2. The third-order valence-electron chi connectivity index (χ3n) is 3.07. The Hall–Kier alpha value is -1.97. The molecular formula is C16H13Cl2N3. The van der Waals surface area contributed by atoms with Crippen molar-refractivity contribution in [1.82, 2.24) is 9.78 Å². The van der Waals surface area contributed by atoms with Gasteiger partial charge in [-0.3, -0.25) is 0 Å². The lowest BCUT2D eigenvalue weighted by Gasteiger charge is -2.07. The minimum atomic E-state index is 0.609. The zero-order valence-corrected chi connectivity index (χ0v) is 12.6. The van der Waals surface area contributed by atoms with Crippen molar-refractivity contribution in [3.8, 4) is 5.69 Å².